The van der Waals surface area contributed by atoms with Gasteiger partial charge in [-0.3, -0.25) is 4.79 Å². The summed E-state index contributed by atoms with van der Waals surface area (Å²) >= 11 is 1.66. The Hall–Kier alpha value is -2.68. The van der Waals surface area contributed by atoms with Crippen LogP contribution in [0.5, 0.6) is 0 Å². The van der Waals surface area contributed by atoms with Gasteiger partial charge in [-0.05, 0) is 57.4 Å². The van der Waals surface area contributed by atoms with Crippen LogP contribution in [-0.4, -0.2) is 32.4 Å². The minimum Gasteiger partial charge on any atom is -0.450 e. The number of fused-ring (bicyclic) bond motifs is 1. The number of hydrogen-bond acceptors (Lipinski definition) is 6. The first-order valence-electron chi connectivity index (χ1n) is 8.83. The van der Waals surface area contributed by atoms with Gasteiger partial charge in [-0.2, -0.15) is 4.98 Å². The summed E-state index contributed by atoms with van der Waals surface area (Å²) in [6.07, 6.45) is 7.61. The highest BCUT2D eigenvalue weighted by Crippen LogP contribution is 2.44. The largest absolute Gasteiger partial charge is 0.503 e. The molecular formula is C18H21N3O5S. The van der Waals surface area contributed by atoms with Crippen LogP contribution in [0.4, 0.5) is 9.80 Å². The highest BCUT2D eigenvalue weighted by molar-refractivity contribution is 7.17. The lowest BCUT2D eigenvalue weighted by Crippen LogP contribution is -2.15. The van der Waals surface area contributed by atoms with E-state index in [0.29, 0.717) is 11.7 Å². The van der Waals surface area contributed by atoms with Crippen molar-refractivity contribution in [1.82, 2.24) is 10.1 Å². The van der Waals surface area contributed by atoms with E-state index in [1.54, 1.807) is 11.3 Å². The lowest BCUT2D eigenvalue weighted by Gasteiger charge is -2.12. The fraction of sp³-hybridized carbons (Fsp3) is 0.444. The van der Waals surface area contributed by atoms with Gasteiger partial charge in [-0.15, -0.1) is 11.3 Å². The van der Waals surface area contributed by atoms with E-state index in [1.807, 2.05) is 6.92 Å². The number of aryl methyl sites for hydroxylation is 2. The van der Waals surface area contributed by atoms with Gasteiger partial charge in [0, 0.05) is 10.5 Å². The van der Waals surface area contributed by atoms with Gasteiger partial charge >= 0.3 is 6.16 Å². The van der Waals surface area contributed by atoms with E-state index in [4.69, 9.17) is 19.5 Å². The Morgan fingerprint density at radius 2 is 1.96 bits per heavy atom. The first-order valence-corrected chi connectivity index (χ1v) is 9.65. The van der Waals surface area contributed by atoms with E-state index in [2.05, 4.69) is 21.5 Å². The Bertz CT molecular complexity index is 880. The third-order valence-electron chi connectivity index (χ3n) is 4.47. The summed E-state index contributed by atoms with van der Waals surface area (Å²) in [5.74, 6) is 1.15. The third kappa shape index (κ3) is 4.54. The van der Waals surface area contributed by atoms with Gasteiger partial charge in [0.15, 0.2) is 5.82 Å². The molecule has 0 radical (unpaired) electrons. The minimum absolute atomic E-state index is 0.0158. The number of amides is 1. The van der Waals surface area contributed by atoms with E-state index in [9.17, 15) is 4.79 Å². The topological polar surface area (TPSA) is 126 Å². The van der Waals surface area contributed by atoms with Crippen molar-refractivity contribution in [1.29, 1.82) is 0 Å². The number of carbonyl (C=O) groups is 2. The third-order valence-corrected chi connectivity index (χ3v) is 5.68. The maximum Gasteiger partial charge on any atom is 0.503 e. The molecule has 4 rings (SSSR count). The molecule has 2 aromatic heterocycles. The standard InChI is InChI=1S/C17H19N3O2S.CH2O3/c1-10-18-16(22-20-10)14-12-8-5-9-13(12)23-17(14)19-15(21)11-6-3-2-4-7-11;2-1(3)4/h6H,2-5,7-9H2,1H3,(H,19,21);(H2,2,3,4). The molecule has 0 aromatic carbocycles. The first-order chi connectivity index (χ1) is 13.0. The lowest BCUT2D eigenvalue weighted by molar-refractivity contribution is -0.113. The molecule has 0 fully saturated rings. The second-order valence-corrected chi connectivity index (χ2v) is 7.53. The summed E-state index contributed by atoms with van der Waals surface area (Å²) in [6.45, 7) is 1.81. The van der Waals surface area contributed by atoms with Crippen LogP contribution < -0.4 is 5.32 Å². The van der Waals surface area contributed by atoms with Crippen LogP contribution >= 0.6 is 11.3 Å². The fourth-order valence-corrected chi connectivity index (χ4v) is 4.62. The van der Waals surface area contributed by atoms with Gasteiger partial charge in [-0.1, -0.05) is 11.2 Å². The maximum absolute atomic E-state index is 12.5. The fourth-order valence-electron chi connectivity index (χ4n) is 3.34. The molecular weight excluding hydrogens is 370 g/mol. The number of hydrogen-bond donors (Lipinski definition) is 3. The van der Waals surface area contributed by atoms with Gasteiger partial charge in [-0.25, -0.2) is 4.79 Å². The predicted octanol–water partition coefficient (Wildman–Crippen LogP) is 4.26. The van der Waals surface area contributed by atoms with Crippen LogP contribution in [0.1, 0.15) is 48.4 Å². The second kappa shape index (κ2) is 8.34. The van der Waals surface area contributed by atoms with Crippen LogP contribution in [-0.2, 0) is 17.6 Å². The molecule has 9 heteroatoms. The van der Waals surface area contributed by atoms with Crippen molar-refractivity contribution in [2.45, 2.75) is 51.9 Å². The Morgan fingerprint density at radius 1 is 1.19 bits per heavy atom. The number of carbonyl (C=O) groups excluding carboxylic acids is 1. The monoisotopic (exact) mass is 391 g/mol. The predicted molar refractivity (Wildman–Crippen MR) is 100 cm³/mol. The molecule has 0 atom stereocenters. The molecule has 27 heavy (non-hydrogen) atoms. The Morgan fingerprint density at radius 3 is 2.59 bits per heavy atom. The molecule has 2 aromatic rings. The molecule has 0 saturated carbocycles. The SMILES string of the molecule is Cc1noc(-c2c(NC(=O)C3=CCCCC3)sc3c2CCC3)n1.O=C(O)O. The van der Waals surface area contributed by atoms with E-state index < -0.39 is 6.16 Å². The summed E-state index contributed by atoms with van der Waals surface area (Å²) in [7, 11) is 0. The molecule has 144 valence electrons. The average molecular weight is 391 g/mol. The maximum atomic E-state index is 12.5. The molecule has 2 heterocycles. The molecule has 0 aliphatic heterocycles. The van der Waals surface area contributed by atoms with Crippen molar-refractivity contribution in [3.05, 3.63) is 27.9 Å². The van der Waals surface area contributed by atoms with Crippen molar-refractivity contribution in [3.8, 4) is 11.5 Å². The number of rotatable bonds is 3. The molecule has 0 saturated heterocycles. The van der Waals surface area contributed by atoms with Crippen LogP contribution in [0.25, 0.3) is 11.5 Å². The van der Waals surface area contributed by atoms with Crippen LogP contribution in [0.3, 0.4) is 0 Å². The summed E-state index contributed by atoms with van der Waals surface area (Å²) in [6, 6.07) is 0. The number of thiophene rings is 1. The molecule has 0 unspecified atom stereocenters. The van der Waals surface area contributed by atoms with Crippen molar-refractivity contribution in [2.75, 3.05) is 5.32 Å². The average Bonchev–Trinajstić information content (AvgIpc) is 3.31. The highest BCUT2D eigenvalue weighted by atomic mass is 32.1. The summed E-state index contributed by atoms with van der Waals surface area (Å²) in [4.78, 5) is 26.8. The van der Waals surface area contributed by atoms with Gasteiger partial charge in [0.05, 0.1) is 5.56 Å². The number of allylic oxidation sites excluding steroid dienone is 1. The van der Waals surface area contributed by atoms with Crippen molar-refractivity contribution in [3.63, 3.8) is 0 Å². The van der Waals surface area contributed by atoms with Crippen molar-refractivity contribution in [2.24, 2.45) is 0 Å². The zero-order valence-corrected chi connectivity index (χ0v) is 15.8. The van der Waals surface area contributed by atoms with E-state index in [1.165, 1.54) is 16.9 Å². The van der Waals surface area contributed by atoms with Gasteiger partial charge in [0.2, 0.25) is 0 Å². The zero-order valence-electron chi connectivity index (χ0n) is 14.9. The molecule has 1 amide bonds. The summed E-state index contributed by atoms with van der Waals surface area (Å²) in [5.41, 5.74) is 3.11. The van der Waals surface area contributed by atoms with Gasteiger partial charge in [0.25, 0.3) is 11.8 Å². The highest BCUT2D eigenvalue weighted by Gasteiger charge is 2.28. The van der Waals surface area contributed by atoms with Crippen molar-refractivity contribution < 1.29 is 24.3 Å². The number of carboxylic acid groups (broad SMARTS) is 2. The normalized spacial score (nSPS) is 15.4. The van der Waals surface area contributed by atoms with E-state index in [0.717, 1.165) is 54.7 Å². The summed E-state index contributed by atoms with van der Waals surface area (Å²) < 4.78 is 5.38. The molecule has 2 aliphatic rings. The Kier molecular flexibility index (Phi) is 5.90. The molecule has 2 aliphatic carbocycles. The zero-order chi connectivity index (χ0) is 19.4. The van der Waals surface area contributed by atoms with E-state index >= 15 is 0 Å². The Labute approximate surface area is 159 Å². The number of nitrogens with zero attached hydrogens (tertiary/aromatic N) is 2. The van der Waals surface area contributed by atoms with Crippen LogP contribution in [0, 0.1) is 6.92 Å². The van der Waals surface area contributed by atoms with Gasteiger partial charge < -0.3 is 20.1 Å². The molecule has 3 N–H and O–H groups in total. The number of nitrogens with one attached hydrogen (secondary N) is 1. The Balaban J connectivity index is 0.000000481. The molecule has 0 spiro atoms. The van der Waals surface area contributed by atoms with Gasteiger partial charge in [0.1, 0.15) is 5.00 Å². The lowest BCUT2D eigenvalue weighted by atomic mass is 9.99. The summed E-state index contributed by atoms with van der Waals surface area (Å²) in [5, 5.41) is 21.8. The van der Waals surface area contributed by atoms with E-state index in [-0.39, 0.29) is 5.91 Å². The number of anilines is 1. The second-order valence-electron chi connectivity index (χ2n) is 6.42. The van der Waals surface area contributed by atoms with Crippen molar-refractivity contribution >= 4 is 28.4 Å². The molecule has 8 nitrogen and oxygen atoms in total. The number of aromatic nitrogens is 2. The smallest absolute Gasteiger partial charge is 0.450 e. The van der Waals surface area contributed by atoms with Crippen LogP contribution in [0.15, 0.2) is 16.2 Å². The molecule has 0 bridgehead atoms. The minimum atomic E-state index is -1.83. The quantitative estimate of drug-likeness (QED) is 0.714. The first kappa shape index (κ1) is 19.1. The van der Waals surface area contributed by atoms with Crippen LogP contribution in [0.2, 0.25) is 0 Å².